The number of aromatic nitrogens is 3. The predicted molar refractivity (Wildman–Crippen MR) is 93.4 cm³/mol. The van der Waals surface area contributed by atoms with Crippen LogP contribution in [0, 0.1) is 0 Å². The van der Waals surface area contributed by atoms with Gasteiger partial charge in [-0.05, 0) is 30.3 Å². The van der Waals surface area contributed by atoms with Crippen LogP contribution < -0.4 is 10.3 Å². The average Bonchev–Trinajstić information content (AvgIpc) is 2.90. The Morgan fingerprint density at radius 1 is 1.26 bits per heavy atom. The molecule has 2 heterocycles. The van der Waals surface area contributed by atoms with Gasteiger partial charge in [0.05, 0.1) is 33.3 Å². The summed E-state index contributed by atoms with van der Waals surface area (Å²) in [6, 6.07) is 12.0. The van der Waals surface area contributed by atoms with E-state index in [4.69, 9.17) is 8.85 Å². The zero-order chi connectivity index (χ0) is 18.5. The van der Waals surface area contributed by atoms with Gasteiger partial charge in [-0.25, -0.2) is 4.68 Å². The Morgan fingerprint density at radius 2 is 2.17 bits per heavy atom. The van der Waals surface area contributed by atoms with Crippen molar-refractivity contribution in [3.05, 3.63) is 63.5 Å². The molecule has 4 aromatic rings. The summed E-state index contributed by atoms with van der Waals surface area (Å²) < 4.78 is 28.8. The van der Waals surface area contributed by atoms with Crippen LogP contribution in [0.25, 0.3) is 27.5 Å². The van der Waals surface area contributed by atoms with E-state index in [1.807, 2.05) is 18.2 Å². The smallest absolute Gasteiger partial charge is 0.280 e. The standard InChI is InChI=1S/C17H12BrN3O2/c1-23-12-4-2-3-11(8-12)21-17(22)14-9-19-15-7-10(18)5-6-13(15)16(14)20-21/h2-9,20H,1H3/i1D3. The number of aromatic amines is 1. The first kappa shape index (κ1) is 11.0. The van der Waals surface area contributed by atoms with Crippen LogP contribution >= 0.6 is 15.9 Å². The SMILES string of the molecule is [2H]C([2H])([2H])Oc1cccc(-n2[nH]c3c(cnc4cc(Br)ccc43)c2=O)c1. The number of H-pyrrole nitrogens is 1. The van der Waals surface area contributed by atoms with Crippen molar-refractivity contribution in [3.8, 4) is 11.4 Å². The van der Waals surface area contributed by atoms with E-state index in [9.17, 15) is 4.79 Å². The summed E-state index contributed by atoms with van der Waals surface area (Å²) >= 11 is 3.41. The number of halogens is 1. The molecule has 5 nitrogen and oxygen atoms in total. The second-order valence-electron chi connectivity index (χ2n) is 5.06. The molecule has 114 valence electrons. The molecule has 0 atom stereocenters. The molecule has 0 saturated heterocycles. The van der Waals surface area contributed by atoms with Gasteiger partial charge in [-0.15, -0.1) is 0 Å². The lowest BCUT2D eigenvalue weighted by molar-refractivity contribution is 0.414. The minimum Gasteiger partial charge on any atom is -0.497 e. The fourth-order valence-electron chi connectivity index (χ4n) is 2.60. The summed E-state index contributed by atoms with van der Waals surface area (Å²) in [5, 5.41) is 4.35. The highest BCUT2D eigenvalue weighted by Crippen LogP contribution is 2.24. The van der Waals surface area contributed by atoms with Gasteiger partial charge >= 0.3 is 0 Å². The third-order valence-electron chi connectivity index (χ3n) is 3.68. The molecule has 0 spiro atoms. The number of methoxy groups -OCH3 is 1. The van der Waals surface area contributed by atoms with Crippen LogP contribution in [0.2, 0.25) is 0 Å². The third-order valence-corrected chi connectivity index (χ3v) is 4.18. The molecule has 1 N–H and O–H groups in total. The van der Waals surface area contributed by atoms with E-state index in [0.29, 0.717) is 16.6 Å². The normalized spacial score (nSPS) is 13.7. The lowest BCUT2D eigenvalue weighted by atomic mass is 10.2. The Balaban J connectivity index is 1.90. The van der Waals surface area contributed by atoms with E-state index in [1.54, 1.807) is 12.1 Å². The molecule has 0 bridgehead atoms. The number of hydrogen-bond acceptors (Lipinski definition) is 3. The van der Waals surface area contributed by atoms with Crippen molar-refractivity contribution in [1.29, 1.82) is 0 Å². The van der Waals surface area contributed by atoms with Gasteiger partial charge in [0.1, 0.15) is 5.75 Å². The van der Waals surface area contributed by atoms with E-state index >= 15 is 0 Å². The second kappa shape index (κ2) is 5.24. The van der Waals surface area contributed by atoms with E-state index in [-0.39, 0.29) is 11.3 Å². The number of pyridine rings is 1. The van der Waals surface area contributed by atoms with Gasteiger partial charge in [0.15, 0.2) is 0 Å². The van der Waals surface area contributed by atoms with Crippen LogP contribution in [-0.4, -0.2) is 21.8 Å². The molecule has 2 aromatic carbocycles. The first-order valence-corrected chi connectivity index (χ1v) is 7.60. The highest BCUT2D eigenvalue weighted by atomic mass is 79.9. The molecule has 2 aromatic heterocycles. The van der Waals surface area contributed by atoms with Crippen LogP contribution in [0.4, 0.5) is 0 Å². The molecule has 0 amide bonds. The van der Waals surface area contributed by atoms with Gasteiger partial charge in [0, 0.05) is 22.1 Å². The number of nitrogens with zero attached hydrogens (tertiary/aromatic N) is 2. The number of hydrogen-bond donors (Lipinski definition) is 1. The van der Waals surface area contributed by atoms with Crippen molar-refractivity contribution >= 4 is 37.7 Å². The minimum absolute atomic E-state index is 0.153. The summed E-state index contributed by atoms with van der Waals surface area (Å²) in [4.78, 5) is 17.1. The van der Waals surface area contributed by atoms with Gasteiger partial charge in [-0.2, -0.15) is 0 Å². The molecule has 0 unspecified atom stereocenters. The molecule has 0 aliphatic carbocycles. The van der Waals surface area contributed by atoms with Crippen molar-refractivity contribution in [3.63, 3.8) is 0 Å². The molecular formula is C17H12BrN3O2. The molecule has 0 saturated carbocycles. The van der Waals surface area contributed by atoms with Gasteiger partial charge in [-0.3, -0.25) is 14.9 Å². The summed E-state index contributed by atoms with van der Waals surface area (Å²) in [6.07, 6.45) is 1.53. The van der Waals surface area contributed by atoms with E-state index in [1.165, 1.54) is 23.0 Å². The Hall–Kier alpha value is -2.60. The summed E-state index contributed by atoms with van der Waals surface area (Å²) in [6.45, 7) is 0. The zero-order valence-corrected chi connectivity index (χ0v) is 13.3. The predicted octanol–water partition coefficient (Wildman–Crippen LogP) is 3.64. The quantitative estimate of drug-likeness (QED) is 0.584. The number of rotatable bonds is 2. The van der Waals surface area contributed by atoms with E-state index in [2.05, 4.69) is 26.0 Å². The molecule has 0 fully saturated rings. The van der Waals surface area contributed by atoms with Crippen molar-refractivity contribution in [2.75, 3.05) is 7.04 Å². The van der Waals surface area contributed by atoms with Crippen LogP contribution in [0.1, 0.15) is 4.11 Å². The van der Waals surface area contributed by atoms with Gasteiger partial charge in [0.25, 0.3) is 5.56 Å². The maximum Gasteiger partial charge on any atom is 0.280 e. The first-order chi connectivity index (χ1) is 12.3. The van der Waals surface area contributed by atoms with Crippen molar-refractivity contribution < 1.29 is 8.85 Å². The van der Waals surface area contributed by atoms with E-state index in [0.717, 1.165) is 15.4 Å². The van der Waals surface area contributed by atoms with E-state index < -0.39 is 7.04 Å². The van der Waals surface area contributed by atoms with Crippen molar-refractivity contribution in [1.82, 2.24) is 14.8 Å². The highest BCUT2D eigenvalue weighted by molar-refractivity contribution is 9.10. The Labute approximate surface area is 143 Å². The largest absolute Gasteiger partial charge is 0.497 e. The number of fused-ring (bicyclic) bond motifs is 3. The minimum atomic E-state index is -2.56. The lowest BCUT2D eigenvalue weighted by Gasteiger charge is -2.04. The molecule has 0 radical (unpaired) electrons. The van der Waals surface area contributed by atoms with Crippen LogP contribution in [-0.2, 0) is 0 Å². The van der Waals surface area contributed by atoms with Crippen molar-refractivity contribution in [2.45, 2.75) is 0 Å². The Kier molecular flexibility index (Phi) is 2.51. The van der Waals surface area contributed by atoms with Crippen LogP contribution in [0.15, 0.2) is 57.9 Å². The first-order valence-electron chi connectivity index (χ1n) is 8.30. The fourth-order valence-corrected chi connectivity index (χ4v) is 2.95. The van der Waals surface area contributed by atoms with Gasteiger partial charge < -0.3 is 4.74 Å². The Bertz CT molecular complexity index is 1200. The van der Waals surface area contributed by atoms with Gasteiger partial charge in [-0.1, -0.05) is 22.0 Å². The maximum atomic E-state index is 12.8. The number of ether oxygens (including phenoxy) is 1. The molecule has 6 heteroatoms. The summed E-state index contributed by atoms with van der Waals surface area (Å²) in [5.74, 6) is 0.153. The second-order valence-corrected chi connectivity index (χ2v) is 5.98. The zero-order valence-electron chi connectivity index (χ0n) is 14.7. The molecule has 0 aliphatic heterocycles. The average molecular weight is 373 g/mol. The highest BCUT2D eigenvalue weighted by Gasteiger charge is 2.12. The van der Waals surface area contributed by atoms with Crippen molar-refractivity contribution in [2.24, 2.45) is 0 Å². The number of benzene rings is 2. The molecule has 23 heavy (non-hydrogen) atoms. The summed E-state index contributed by atoms with van der Waals surface area (Å²) in [7, 11) is -2.56. The number of nitrogens with one attached hydrogen (secondary N) is 1. The third kappa shape index (κ3) is 2.22. The lowest BCUT2D eigenvalue weighted by Crippen LogP contribution is -2.14. The molecular weight excluding hydrogens is 358 g/mol. The van der Waals surface area contributed by atoms with Crippen LogP contribution in [0.3, 0.4) is 0 Å². The van der Waals surface area contributed by atoms with Crippen LogP contribution in [0.5, 0.6) is 5.75 Å². The fraction of sp³-hybridized carbons (Fsp3) is 0.0588. The molecule has 4 rings (SSSR count). The Morgan fingerprint density at radius 3 is 3.04 bits per heavy atom. The maximum absolute atomic E-state index is 12.8. The summed E-state index contributed by atoms with van der Waals surface area (Å²) in [5.41, 5.74) is 1.61. The van der Waals surface area contributed by atoms with Gasteiger partial charge in [0.2, 0.25) is 0 Å². The molecule has 0 aliphatic rings. The topological polar surface area (TPSA) is 59.9 Å². The monoisotopic (exact) mass is 372 g/mol.